The maximum absolute atomic E-state index is 14.0. The van der Waals surface area contributed by atoms with E-state index in [1.54, 1.807) is 39.5 Å². The van der Waals surface area contributed by atoms with E-state index in [0.717, 1.165) is 11.1 Å². The lowest BCUT2D eigenvalue weighted by atomic mass is 10.1. The molecule has 0 spiro atoms. The molecular formula is C22H18Cl2FN3O3S. The number of ether oxygens (including phenoxy) is 1. The van der Waals surface area contributed by atoms with E-state index in [-0.39, 0.29) is 27.5 Å². The second-order valence-corrected chi connectivity index (χ2v) is 8.98. The van der Waals surface area contributed by atoms with Gasteiger partial charge in [0, 0.05) is 36.4 Å². The fourth-order valence-electron chi connectivity index (χ4n) is 3.28. The van der Waals surface area contributed by atoms with Gasteiger partial charge in [-0.15, -0.1) is 11.3 Å². The monoisotopic (exact) mass is 493 g/mol. The number of nitrogens with zero attached hydrogens (tertiary/aromatic N) is 2. The predicted octanol–water partition coefficient (Wildman–Crippen LogP) is 6.43. The van der Waals surface area contributed by atoms with E-state index in [0.29, 0.717) is 21.4 Å². The molecule has 2 N–H and O–H groups in total. The minimum atomic E-state index is -0.737. The summed E-state index contributed by atoms with van der Waals surface area (Å²) in [5, 5.41) is 2.66. The molecule has 0 bridgehead atoms. The number of carbonyl (C=O) groups excluding carboxylic acids is 1. The highest BCUT2D eigenvalue weighted by atomic mass is 35.5. The van der Waals surface area contributed by atoms with E-state index >= 15 is 0 Å². The van der Waals surface area contributed by atoms with E-state index in [1.807, 2.05) is 5.38 Å². The number of fused-ring (bicyclic) bond motifs is 1. The third kappa shape index (κ3) is 3.90. The molecule has 0 aliphatic carbocycles. The van der Waals surface area contributed by atoms with Crippen LogP contribution >= 0.6 is 34.5 Å². The van der Waals surface area contributed by atoms with Gasteiger partial charge in [0.15, 0.2) is 11.4 Å². The van der Waals surface area contributed by atoms with Crippen molar-refractivity contribution in [2.45, 2.75) is 13.0 Å². The molecule has 32 heavy (non-hydrogen) atoms. The van der Waals surface area contributed by atoms with Crippen molar-refractivity contribution in [1.29, 1.82) is 0 Å². The Bertz CT molecular complexity index is 1340. The largest absolute Gasteiger partial charge is 0.478 e. The van der Waals surface area contributed by atoms with Gasteiger partial charge in [-0.3, -0.25) is 4.79 Å². The van der Waals surface area contributed by atoms with Gasteiger partial charge in [0.05, 0.1) is 21.5 Å². The van der Waals surface area contributed by atoms with Gasteiger partial charge >= 0.3 is 0 Å². The van der Waals surface area contributed by atoms with Crippen LogP contribution in [0.3, 0.4) is 0 Å². The number of aromatic nitrogens is 1. The van der Waals surface area contributed by atoms with Gasteiger partial charge in [-0.25, -0.2) is 9.37 Å². The summed E-state index contributed by atoms with van der Waals surface area (Å²) in [5.41, 5.74) is 8.27. The number of benzene rings is 1. The molecule has 0 fully saturated rings. The van der Waals surface area contributed by atoms with E-state index in [1.165, 1.54) is 28.4 Å². The average molecular weight is 494 g/mol. The standard InChI is InChI=1S/C22H18Cl2FN3O3S/c1-10(17-14(23)4-5-15(25)18(17)24)31-20-19-12(7-27-21(20)26)13(8-30-19)11-6-16(32-9-11)22(29)28(2)3/h4-10H,1-3H3,(H2,26,27). The number of pyridine rings is 1. The fraction of sp³-hybridized carbons (Fsp3) is 0.182. The molecule has 10 heteroatoms. The summed E-state index contributed by atoms with van der Waals surface area (Å²) in [7, 11) is 3.40. The quantitative estimate of drug-likeness (QED) is 0.324. The Kier molecular flexibility index (Phi) is 6.03. The Labute approximate surface area is 197 Å². The molecule has 3 aromatic heterocycles. The number of furan rings is 1. The van der Waals surface area contributed by atoms with Crippen LogP contribution in [-0.4, -0.2) is 29.9 Å². The van der Waals surface area contributed by atoms with Crippen LogP contribution < -0.4 is 10.5 Å². The molecular weight excluding hydrogens is 476 g/mol. The van der Waals surface area contributed by atoms with Gasteiger partial charge < -0.3 is 19.8 Å². The Morgan fingerprint density at radius 2 is 2.09 bits per heavy atom. The first-order chi connectivity index (χ1) is 15.2. The lowest BCUT2D eigenvalue weighted by Crippen LogP contribution is -2.20. The van der Waals surface area contributed by atoms with E-state index in [4.69, 9.17) is 38.1 Å². The molecule has 1 unspecified atom stereocenters. The van der Waals surface area contributed by atoms with Crippen molar-refractivity contribution in [2.24, 2.45) is 0 Å². The summed E-state index contributed by atoms with van der Waals surface area (Å²) in [5.74, 6) is -0.398. The van der Waals surface area contributed by atoms with E-state index < -0.39 is 11.9 Å². The maximum Gasteiger partial charge on any atom is 0.263 e. The van der Waals surface area contributed by atoms with Gasteiger partial charge in [0.2, 0.25) is 5.75 Å². The molecule has 6 nitrogen and oxygen atoms in total. The number of anilines is 1. The van der Waals surface area contributed by atoms with Crippen molar-refractivity contribution in [2.75, 3.05) is 19.8 Å². The third-order valence-electron chi connectivity index (χ3n) is 4.91. The van der Waals surface area contributed by atoms with Crippen LogP contribution in [0.15, 0.2) is 40.5 Å². The number of amides is 1. The second-order valence-electron chi connectivity index (χ2n) is 7.28. The summed E-state index contributed by atoms with van der Waals surface area (Å²) in [4.78, 5) is 18.6. The molecule has 1 amide bonds. The van der Waals surface area contributed by atoms with Gasteiger partial charge in [-0.05, 0) is 36.1 Å². The zero-order chi connectivity index (χ0) is 23.2. The molecule has 0 aliphatic heterocycles. The molecule has 0 aliphatic rings. The van der Waals surface area contributed by atoms with Crippen molar-refractivity contribution < 1.29 is 18.3 Å². The molecule has 0 saturated carbocycles. The summed E-state index contributed by atoms with van der Waals surface area (Å²) in [6.07, 6.45) is 2.39. The van der Waals surface area contributed by atoms with Gasteiger partial charge in [-0.1, -0.05) is 23.2 Å². The van der Waals surface area contributed by atoms with Crippen molar-refractivity contribution in [3.63, 3.8) is 0 Å². The van der Waals surface area contributed by atoms with Gasteiger partial charge in [0.1, 0.15) is 11.9 Å². The van der Waals surface area contributed by atoms with Crippen LogP contribution in [0.25, 0.3) is 22.1 Å². The average Bonchev–Trinajstić information content (AvgIpc) is 3.39. The first-order valence-corrected chi connectivity index (χ1v) is 11.1. The lowest BCUT2D eigenvalue weighted by molar-refractivity contribution is 0.0832. The molecule has 4 rings (SSSR count). The number of carbonyl (C=O) groups is 1. The Balaban J connectivity index is 1.74. The second kappa shape index (κ2) is 8.61. The molecule has 0 radical (unpaired) electrons. The summed E-state index contributed by atoms with van der Waals surface area (Å²) in [6, 6.07) is 4.39. The minimum absolute atomic E-state index is 0.0851. The number of halogens is 3. The van der Waals surface area contributed by atoms with Crippen molar-refractivity contribution in [3.8, 4) is 16.9 Å². The Hall–Kier alpha value is -2.81. The van der Waals surface area contributed by atoms with Crippen LogP contribution in [0.4, 0.5) is 10.2 Å². The van der Waals surface area contributed by atoms with Crippen molar-refractivity contribution >= 4 is 57.2 Å². The fourth-order valence-corrected chi connectivity index (χ4v) is 4.88. The SMILES string of the molecule is CC(Oc1c(N)ncc2c(-c3csc(C(=O)N(C)C)c3)coc12)c1c(Cl)ccc(F)c1Cl. The topological polar surface area (TPSA) is 81.6 Å². The first kappa shape index (κ1) is 22.4. The van der Waals surface area contributed by atoms with Crippen molar-refractivity contribution in [1.82, 2.24) is 9.88 Å². The number of hydrogen-bond acceptors (Lipinski definition) is 6. The number of nitrogen functional groups attached to an aromatic ring is 1. The smallest absolute Gasteiger partial charge is 0.263 e. The van der Waals surface area contributed by atoms with Crippen molar-refractivity contribution in [3.05, 3.63) is 62.3 Å². The molecule has 166 valence electrons. The van der Waals surface area contributed by atoms with Crippen LogP contribution in [0.1, 0.15) is 28.3 Å². The Morgan fingerprint density at radius 1 is 1.34 bits per heavy atom. The molecule has 1 atom stereocenters. The van der Waals surface area contributed by atoms with Crippen LogP contribution in [0.2, 0.25) is 10.0 Å². The Morgan fingerprint density at radius 3 is 2.81 bits per heavy atom. The molecule has 3 heterocycles. The zero-order valence-electron chi connectivity index (χ0n) is 17.3. The van der Waals surface area contributed by atoms with E-state index in [2.05, 4.69) is 4.98 Å². The zero-order valence-corrected chi connectivity index (χ0v) is 19.6. The lowest BCUT2D eigenvalue weighted by Gasteiger charge is -2.18. The minimum Gasteiger partial charge on any atom is -0.478 e. The predicted molar refractivity (Wildman–Crippen MR) is 125 cm³/mol. The number of rotatable bonds is 5. The van der Waals surface area contributed by atoms with Gasteiger partial charge in [-0.2, -0.15) is 0 Å². The van der Waals surface area contributed by atoms with Crippen LogP contribution in [0.5, 0.6) is 5.75 Å². The number of nitrogens with two attached hydrogens (primary N) is 1. The summed E-state index contributed by atoms with van der Waals surface area (Å²) in [6.45, 7) is 1.67. The summed E-state index contributed by atoms with van der Waals surface area (Å²) < 4.78 is 25.8. The highest BCUT2D eigenvalue weighted by Gasteiger charge is 2.23. The highest BCUT2D eigenvalue weighted by Crippen LogP contribution is 2.42. The molecule has 4 aromatic rings. The normalized spacial score (nSPS) is 12.2. The van der Waals surface area contributed by atoms with Crippen LogP contribution in [0, 0.1) is 5.82 Å². The number of thiophene rings is 1. The van der Waals surface area contributed by atoms with E-state index in [9.17, 15) is 9.18 Å². The molecule has 1 aromatic carbocycles. The first-order valence-electron chi connectivity index (χ1n) is 9.45. The highest BCUT2D eigenvalue weighted by molar-refractivity contribution is 7.12. The third-order valence-corrected chi connectivity index (χ3v) is 6.54. The number of hydrogen-bond donors (Lipinski definition) is 1. The van der Waals surface area contributed by atoms with Gasteiger partial charge in [0.25, 0.3) is 5.91 Å². The summed E-state index contributed by atoms with van der Waals surface area (Å²) >= 11 is 13.7. The molecule has 0 saturated heterocycles. The maximum atomic E-state index is 14.0. The van der Waals surface area contributed by atoms with Crippen LogP contribution in [-0.2, 0) is 0 Å².